The lowest BCUT2D eigenvalue weighted by atomic mass is 10.1. The smallest absolute Gasteiger partial charge is 0.239 e. The van der Waals surface area contributed by atoms with E-state index in [-0.39, 0.29) is 18.5 Å². The van der Waals surface area contributed by atoms with Crippen molar-refractivity contribution in [3.8, 4) is 11.5 Å². The molecule has 0 aliphatic rings. The van der Waals surface area contributed by atoms with Crippen molar-refractivity contribution >= 4 is 11.6 Å². The van der Waals surface area contributed by atoms with Gasteiger partial charge in [-0.3, -0.25) is 4.79 Å². The van der Waals surface area contributed by atoms with Gasteiger partial charge in [0, 0.05) is 5.56 Å². The number of amides is 1. The maximum Gasteiger partial charge on any atom is 0.239 e. The zero-order valence-electron chi connectivity index (χ0n) is 14.6. The predicted molar refractivity (Wildman–Crippen MR) is 95.8 cm³/mol. The molecule has 0 aliphatic carbocycles. The fourth-order valence-electron chi connectivity index (χ4n) is 2.53. The summed E-state index contributed by atoms with van der Waals surface area (Å²) in [6.45, 7) is 4.09. The molecule has 5 nitrogen and oxygen atoms in total. The van der Waals surface area contributed by atoms with Crippen LogP contribution in [-0.4, -0.2) is 26.7 Å². The largest absolute Gasteiger partial charge is 0.496 e. The fraction of sp³-hybridized carbons (Fsp3) is 0.316. The molecule has 1 amide bonds. The Morgan fingerprint density at radius 1 is 1.08 bits per heavy atom. The highest BCUT2D eigenvalue weighted by Gasteiger charge is 2.14. The number of hydrogen-bond acceptors (Lipinski definition) is 4. The first-order valence-corrected chi connectivity index (χ1v) is 7.86. The Bertz CT molecular complexity index is 701. The van der Waals surface area contributed by atoms with Crippen molar-refractivity contribution in [2.75, 3.05) is 26.1 Å². The third kappa shape index (κ3) is 4.41. The molecule has 0 fully saturated rings. The van der Waals surface area contributed by atoms with Crippen molar-refractivity contribution in [1.29, 1.82) is 0 Å². The quantitative estimate of drug-likeness (QED) is 0.819. The highest BCUT2D eigenvalue weighted by Crippen LogP contribution is 2.26. The van der Waals surface area contributed by atoms with Gasteiger partial charge in [-0.1, -0.05) is 24.3 Å². The van der Waals surface area contributed by atoms with E-state index in [2.05, 4.69) is 10.6 Å². The molecule has 1 atom stereocenters. The number of carbonyl (C=O) groups is 1. The van der Waals surface area contributed by atoms with Crippen LogP contribution in [0.15, 0.2) is 42.5 Å². The van der Waals surface area contributed by atoms with Crippen LogP contribution in [0.5, 0.6) is 11.5 Å². The summed E-state index contributed by atoms with van der Waals surface area (Å²) in [7, 11) is 3.23. The zero-order valence-corrected chi connectivity index (χ0v) is 14.6. The zero-order chi connectivity index (χ0) is 17.5. The number of ether oxygens (including phenoxy) is 2. The molecule has 5 heteroatoms. The topological polar surface area (TPSA) is 59.6 Å². The van der Waals surface area contributed by atoms with E-state index in [1.165, 1.54) is 0 Å². The number of carbonyl (C=O) groups excluding carboxylic acids is 1. The Morgan fingerprint density at radius 2 is 1.79 bits per heavy atom. The van der Waals surface area contributed by atoms with Gasteiger partial charge in [0.25, 0.3) is 0 Å². The van der Waals surface area contributed by atoms with Gasteiger partial charge in [-0.15, -0.1) is 0 Å². The van der Waals surface area contributed by atoms with E-state index in [0.29, 0.717) is 5.75 Å². The molecule has 0 radical (unpaired) electrons. The van der Waals surface area contributed by atoms with Gasteiger partial charge in [-0.2, -0.15) is 0 Å². The average molecular weight is 328 g/mol. The molecule has 1 unspecified atom stereocenters. The van der Waals surface area contributed by atoms with Crippen molar-refractivity contribution in [3.05, 3.63) is 53.6 Å². The maximum atomic E-state index is 12.2. The molecule has 0 saturated carbocycles. The highest BCUT2D eigenvalue weighted by atomic mass is 16.5. The minimum Gasteiger partial charge on any atom is -0.496 e. The molecule has 2 aromatic carbocycles. The van der Waals surface area contributed by atoms with Crippen LogP contribution < -0.4 is 20.1 Å². The van der Waals surface area contributed by atoms with Gasteiger partial charge < -0.3 is 20.1 Å². The fourth-order valence-corrected chi connectivity index (χ4v) is 2.53. The lowest BCUT2D eigenvalue weighted by Gasteiger charge is -2.18. The van der Waals surface area contributed by atoms with Gasteiger partial charge in [-0.05, 0) is 37.6 Å². The third-order valence-electron chi connectivity index (χ3n) is 3.78. The summed E-state index contributed by atoms with van der Waals surface area (Å²) in [6.07, 6.45) is 0. The molecule has 2 N–H and O–H groups in total. The Kier molecular flexibility index (Phi) is 6.07. The minimum atomic E-state index is -0.144. The number of para-hydroxylation sites is 1. The van der Waals surface area contributed by atoms with Crippen molar-refractivity contribution in [2.45, 2.75) is 19.9 Å². The first kappa shape index (κ1) is 17.7. The standard InChI is InChI=1S/C19H24N2O3/c1-13-9-10-18(24-4)16(11-13)20-12-19(22)21-14(2)15-7-5-6-8-17(15)23-3/h5-11,14,20H,12H2,1-4H3,(H,21,22). The van der Waals surface area contributed by atoms with Crippen LogP contribution in [0.3, 0.4) is 0 Å². The van der Waals surface area contributed by atoms with E-state index in [0.717, 1.165) is 22.6 Å². The number of benzene rings is 2. The average Bonchev–Trinajstić information content (AvgIpc) is 2.60. The van der Waals surface area contributed by atoms with Crippen LogP contribution in [-0.2, 0) is 4.79 Å². The van der Waals surface area contributed by atoms with Crippen LogP contribution in [0.4, 0.5) is 5.69 Å². The SMILES string of the molecule is COc1ccc(C)cc1NCC(=O)NC(C)c1ccccc1OC. The van der Waals surface area contributed by atoms with Crippen molar-refractivity contribution in [1.82, 2.24) is 5.32 Å². The number of anilines is 1. The Labute approximate surface area is 143 Å². The minimum absolute atomic E-state index is 0.100. The summed E-state index contributed by atoms with van der Waals surface area (Å²) >= 11 is 0. The highest BCUT2D eigenvalue weighted by molar-refractivity contribution is 5.81. The number of rotatable bonds is 7. The van der Waals surface area contributed by atoms with Crippen molar-refractivity contribution in [3.63, 3.8) is 0 Å². The predicted octanol–water partition coefficient (Wildman–Crippen LogP) is 3.30. The second-order valence-electron chi connectivity index (χ2n) is 5.59. The summed E-state index contributed by atoms with van der Waals surface area (Å²) in [6, 6.07) is 13.3. The molecule has 0 saturated heterocycles. The van der Waals surface area contributed by atoms with Crippen LogP contribution in [0.1, 0.15) is 24.1 Å². The monoisotopic (exact) mass is 328 g/mol. The Hall–Kier alpha value is -2.69. The lowest BCUT2D eigenvalue weighted by Crippen LogP contribution is -2.32. The normalized spacial score (nSPS) is 11.5. The van der Waals surface area contributed by atoms with Crippen molar-refractivity contribution < 1.29 is 14.3 Å². The molecule has 0 spiro atoms. The summed E-state index contributed by atoms with van der Waals surface area (Å²) in [5.41, 5.74) is 2.85. The van der Waals surface area contributed by atoms with E-state index < -0.39 is 0 Å². The van der Waals surface area contributed by atoms with E-state index >= 15 is 0 Å². The molecular weight excluding hydrogens is 304 g/mol. The first-order chi connectivity index (χ1) is 11.5. The summed E-state index contributed by atoms with van der Waals surface area (Å²) in [4.78, 5) is 12.2. The lowest BCUT2D eigenvalue weighted by molar-refractivity contribution is -0.120. The molecule has 2 rings (SSSR count). The number of methoxy groups -OCH3 is 2. The summed E-state index contributed by atoms with van der Waals surface area (Å²) in [5.74, 6) is 1.38. The summed E-state index contributed by atoms with van der Waals surface area (Å²) in [5, 5.41) is 6.09. The Morgan fingerprint density at radius 3 is 2.50 bits per heavy atom. The van der Waals surface area contributed by atoms with E-state index in [4.69, 9.17) is 9.47 Å². The Balaban J connectivity index is 1.97. The van der Waals surface area contributed by atoms with E-state index in [1.54, 1.807) is 14.2 Å². The van der Waals surface area contributed by atoms with Gasteiger partial charge >= 0.3 is 0 Å². The molecular formula is C19H24N2O3. The second-order valence-corrected chi connectivity index (χ2v) is 5.59. The molecule has 24 heavy (non-hydrogen) atoms. The first-order valence-electron chi connectivity index (χ1n) is 7.86. The van der Waals surface area contributed by atoms with Gasteiger partial charge in [0.2, 0.25) is 5.91 Å². The molecule has 0 aromatic heterocycles. The number of hydrogen-bond donors (Lipinski definition) is 2. The van der Waals surface area contributed by atoms with Gasteiger partial charge in [-0.25, -0.2) is 0 Å². The number of aryl methyl sites for hydroxylation is 1. The molecule has 0 aliphatic heterocycles. The molecule has 2 aromatic rings. The van der Waals surface area contributed by atoms with Gasteiger partial charge in [0.05, 0.1) is 32.5 Å². The molecule has 128 valence electrons. The van der Waals surface area contributed by atoms with Crippen LogP contribution in [0.2, 0.25) is 0 Å². The van der Waals surface area contributed by atoms with E-state index in [1.807, 2.05) is 56.3 Å². The van der Waals surface area contributed by atoms with Crippen LogP contribution >= 0.6 is 0 Å². The van der Waals surface area contributed by atoms with Gasteiger partial charge in [0.15, 0.2) is 0 Å². The van der Waals surface area contributed by atoms with Crippen LogP contribution in [0, 0.1) is 6.92 Å². The maximum absolute atomic E-state index is 12.2. The van der Waals surface area contributed by atoms with Crippen LogP contribution in [0.25, 0.3) is 0 Å². The van der Waals surface area contributed by atoms with Gasteiger partial charge in [0.1, 0.15) is 11.5 Å². The molecule has 0 bridgehead atoms. The van der Waals surface area contributed by atoms with E-state index in [9.17, 15) is 4.79 Å². The van der Waals surface area contributed by atoms with Crippen molar-refractivity contribution in [2.24, 2.45) is 0 Å². The second kappa shape index (κ2) is 8.24. The third-order valence-corrected chi connectivity index (χ3v) is 3.78. The molecule has 0 heterocycles. The number of nitrogens with one attached hydrogen (secondary N) is 2. The summed E-state index contributed by atoms with van der Waals surface area (Å²) < 4.78 is 10.6.